The predicted molar refractivity (Wildman–Crippen MR) is 205 cm³/mol. The summed E-state index contributed by atoms with van der Waals surface area (Å²) in [6.45, 7) is 4.42. The largest absolute Gasteiger partial charge is 0.394 e. The zero-order valence-corrected chi connectivity index (χ0v) is 29.7. The summed E-state index contributed by atoms with van der Waals surface area (Å²) in [6, 6.07) is 47.4. The van der Waals surface area contributed by atoms with E-state index < -0.39 is 5.54 Å². The van der Waals surface area contributed by atoms with Crippen LogP contribution in [0.5, 0.6) is 0 Å². The highest BCUT2D eigenvalue weighted by atomic mass is 32.2. The maximum atomic E-state index is 13.6. The molecule has 5 aromatic carbocycles. The first-order valence-electron chi connectivity index (χ1n) is 17.4. The Morgan fingerprint density at radius 3 is 1.84 bits per heavy atom. The summed E-state index contributed by atoms with van der Waals surface area (Å²) in [5.41, 5.74) is 6.10. The lowest BCUT2D eigenvalue weighted by Gasteiger charge is -2.36. The van der Waals surface area contributed by atoms with Crippen molar-refractivity contribution >= 4 is 17.7 Å². The molecular formula is C43H41N5O2S. The van der Waals surface area contributed by atoms with Crippen molar-refractivity contribution in [1.29, 1.82) is 0 Å². The summed E-state index contributed by atoms with van der Waals surface area (Å²) in [6.07, 6.45) is 2.91. The van der Waals surface area contributed by atoms with E-state index in [4.69, 9.17) is 10.3 Å². The molecule has 0 bridgehead atoms. The maximum Gasteiger partial charge on any atom is 0.260 e. The molecule has 1 aliphatic heterocycles. The number of carbonyl (C=O) groups excluding carboxylic acids is 1. The predicted octanol–water partition coefficient (Wildman–Crippen LogP) is 8.21. The van der Waals surface area contributed by atoms with E-state index in [2.05, 4.69) is 114 Å². The van der Waals surface area contributed by atoms with Crippen LogP contribution in [0.25, 0.3) is 22.5 Å². The van der Waals surface area contributed by atoms with E-state index in [9.17, 15) is 9.90 Å². The molecule has 0 saturated carbocycles. The number of aliphatic hydroxyl groups excluding tert-OH is 1. The fraction of sp³-hybridized carbons (Fsp3) is 0.209. The quantitative estimate of drug-likeness (QED) is 0.130. The molecule has 1 aromatic heterocycles. The number of allylic oxidation sites excluding steroid dienone is 1. The normalized spacial score (nSPS) is 13.6. The van der Waals surface area contributed by atoms with E-state index in [1.54, 1.807) is 11.8 Å². The Morgan fingerprint density at radius 1 is 0.784 bits per heavy atom. The Balaban J connectivity index is 1.31. The first kappa shape index (κ1) is 34.2. The standard InChI is InChI=1S/C43H41N5O2S/c1-31(2)39(30-49)47(42(50)40-23-14-28-51-40)29-32-24-26-33(27-25-32)37-21-12-13-22-38(37)41-44-45-46-48(41)43(34-15-6-3-7-16-34,35-17-8-4-9-18-35)36-19-10-5-11-20-36/h3-13,15-27,31,39,49H,14,28-30H2,1-2H3/t39-/m1/s1. The van der Waals surface area contributed by atoms with Crippen LogP contribution in [0.3, 0.4) is 0 Å². The van der Waals surface area contributed by atoms with Crippen molar-refractivity contribution in [2.24, 2.45) is 5.92 Å². The second-order valence-electron chi connectivity index (χ2n) is 13.1. The number of benzene rings is 5. The number of tetrazole rings is 1. The highest BCUT2D eigenvalue weighted by Gasteiger charge is 2.42. The Hall–Kier alpha value is -5.31. The van der Waals surface area contributed by atoms with E-state index in [1.165, 1.54) is 0 Å². The minimum Gasteiger partial charge on any atom is -0.394 e. The first-order chi connectivity index (χ1) is 25.0. The molecule has 0 unspecified atom stereocenters. The lowest BCUT2D eigenvalue weighted by Crippen LogP contribution is -2.45. The number of rotatable bonds is 12. The maximum absolute atomic E-state index is 13.6. The van der Waals surface area contributed by atoms with Crippen LogP contribution in [0, 0.1) is 5.92 Å². The Labute approximate surface area is 303 Å². The van der Waals surface area contributed by atoms with Gasteiger partial charge in [-0.15, -0.1) is 16.9 Å². The van der Waals surface area contributed by atoms with Crippen molar-refractivity contribution in [3.05, 3.63) is 173 Å². The van der Waals surface area contributed by atoms with Crippen molar-refractivity contribution in [3.63, 3.8) is 0 Å². The monoisotopic (exact) mass is 691 g/mol. The van der Waals surface area contributed by atoms with Crippen molar-refractivity contribution in [3.8, 4) is 22.5 Å². The van der Waals surface area contributed by atoms with Gasteiger partial charge in [0, 0.05) is 17.9 Å². The van der Waals surface area contributed by atoms with E-state index in [0.717, 1.165) is 56.0 Å². The van der Waals surface area contributed by atoms with E-state index in [0.29, 0.717) is 12.4 Å². The van der Waals surface area contributed by atoms with Gasteiger partial charge in [-0.2, -0.15) is 0 Å². The van der Waals surface area contributed by atoms with Crippen LogP contribution in [0.1, 0.15) is 42.5 Å². The lowest BCUT2D eigenvalue weighted by atomic mass is 9.77. The van der Waals surface area contributed by atoms with Gasteiger partial charge in [0.15, 0.2) is 5.82 Å². The summed E-state index contributed by atoms with van der Waals surface area (Å²) in [5.74, 6) is 1.65. The Morgan fingerprint density at radius 2 is 1.33 bits per heavy atom. The number of hydrogen-bond donors (Lipinski definition) is 1. The van der Waals surface area contributed by atoms with Gasteiger partial charge in [-0.25, -0.2) is 4.68 Å². The molecule has 7 rings (SSSR count). The molecule has 0 aliphatic carbocycles. The van der Waals surface area contributed by atoms with Gasteiger partial charge in [0.25, 0.3) is 5.91 Å². The number of thioether (sulfide) groups is 1. The van der Waals surface area contributed by atoms with E-state index in [-0.39, 0.29) is 24.5 Å². The fourth-order valence-electron chi connectivity index (χ4n) is 7.12. The highest BCUT2D eigenvalue weighted by Crippen LogP contribution is 2.43. The van der Waals surface area contributed by atoms with Gasteiger partial charge in [-0.3, -0.25) is 4.79 Å². The van der Waals surface area contributed by atoms with Crippen LogP contribution < -0.4 is 0 Å². The molecule has 0 spiro atoms. The number of aliphatic hydroxyl groups is 1. The smallest absolute Gasteiger partial charge is 0.260 e. The topological polar surface area (TPSA) is 84.1 Å². The third-order valence-corrected chi connectivity index (χ3v) is 10.8. The van der Waals surface area contributed by atoms with E-state index in [1.807, 2.05) is 59.8 Å². The third-order valence-electron chi connectivity index (χ3n) is 9.68. The summed E-state index contributed by atoms with van der Waals surface area (Å²) in [7, 11) is 0. The molecule has 7 nitrogen and oxygen atoms in total. The van der Waals surface area contributed by atoms with Crippen LogP contribution >= 0.6 is 11.8 Å². The number of nitrogens with zero attached hydrogens (tertiary/aromatic N) is 5. The number of amides is 1. The van der Waals surface area contributed by atoms with Crippen molar-refractivity contribution in [1.82, 2.24) is 25.1 Å². The van der Waals surface area contributed by atoms with Gasteiger partial charge >= 0.3 is 0 Å². The Bertz CT molecular complexity index is 2000. The number of aromatic nitrogens is 4. The van der Waals surface area contributed by atoms with Crippen molar-refractivity contribution in [2.75, 3.05) is 12.4 Å². The van der Waals surface area contributed by atoms with Gasteiger partial charge in [0.2, 0.25) is 0 Å². The molecule has 2 heterocycles. The fourth-order valence-corrected chi connectivity index (χ4v) is 8.05. The number of carbonyl (C=O) groups is 1. The number of hydrogen-bond acceptors (Lipinski definition) is 6. The SMILES string of the molecule is CC(C)[C@@H](CO)N(Cc1ccc(-c2ccccc2-c2nnnn2C(c2ccccc2)(c2ccccc2)c2ccccc2)cc1)C(=O)C1=CCCS1. The molecule has 0 saturated heterocycles. The average molecular weight is 692 g/mol. The molecule has 1 atom stereocenters. The molecule has 51 heavy (non-hydrogen) atoms. The highest BCUT2D eigenvalue weighted by molar-refractivity contribution is 8.04. The van der Waals surface area contributed by atoms with Crippen LogP contribution in [-0.4, -0.2) is 54.5 Å². The lowest BCUT2D eigenvalue weighted by molar-refractivity contribution is -0.131. The summed E-state index contributed by atoms with van der Waals surface area (Å²) in [5, 5.41) is 24.1. The molecule has 256 valence electrons. The van der Waals surface area contributed by atoms with Gasteiger partial charge < -0.3 is 10.0 Å². The molecule has 8 heteroatoms. The zero-order chi connectivity index (χ0) is 35.2. The molecule has 1 N–H and O–H groups in total. The van der Waals surface area contributed by atoms with Gasteiger partial charge in [-0.05, 0) is 56.1 Å². The van der Waals surface area contributed by atoms with Gasteiger partial charge in [0.05, 0.1) is 17.6 Å². The second kappa shape index (κ2) is 15.3. The van der Waals surface area contributed by atoms with Crippen LogP contribution in [0.15, 0.2) is 151 Å². The summed E-state index contributed by atoms with van der Waals surface area (Å²) < 4.78 is 1.96. The second-order valence-corrected chi connectivity index (χ2v) is 14.2. The molecule has 6 aromatic rings. The van der Waals surface area contributed by atoms with Crippen LogP contribution in [0.4, 0.5) is 0 Å². The zero-order valence-electron chi connectivity index (χ0n) is 28.8. The molecular weight excluding hydrogens is 651 g/mol. The molecule has 1 amide bonds. The third kappa shape index (κ3) is 6.65. The van der Waals surface area contributed by atoms with Crippen LogP contribution in [-0.2, 0) is 16.9 Å². The molecule has 0 radical (unpaired) electrons. The summed E-state index contributed by atoms with van der Waals surface area (Å²) in [4.78, 5) is 16.3. The minimum absolute atomic E-state index is 0.00904. The Kier molecular flexibility index (Phi) is 10.2. The first-order valence-corrected chi connectivity index (χ1v) is 18.4. The molecule has 0 fully saturated rings. The van der Waals surface area contributed by atoms with Crippen molar-refractivity contribution in [2.45, 2.75) is 38.4 Å². The van der Waals surface area contributed by atoms with Gasteiger partial charge in [-0.1, -0.05) is 159 Å². The van der Waals surface area contributed by atoms with Crippen LogP contribution in [0.2, 0.25) is 0 Å². The van der Waals surface area contributed by atoms with Crippen molar-refractivity contribution < 1.29 is 9.90 Å². The van der Waals surface area contributed by atoms with Gasteiger partial charge in [0.1, 0.15) is 5.54 Å². The minimum atomic E-state index is -0.873. The average Bonchev–Trinajstić information content (AvgIpc) is 3.91. The van der Waals surface area contributed by atoms with E-state index >= 15 is 0 Å². The summed E-state index contributed by atoms with van der Waals surface area (Å²) >= 11 is 1.60. The molecule has 1 aliphatic rings.